The van der Waals surface area contributed by atoms with Gasteiger partial charge in [0.05, 0.1) is 5.92 Å². The highest BCUT2D eigenvalue weighted by molar-refractivity contribution is 6.36. The van der Waals surface area contributed by atoms with Gasteiger partial charge < -0.3 is 9.90 Å². The van der Waals surface area contributed by atoms with Crippen LogP contribution in [0, 0.1) is 5.92 Å². The van der Waals surface area contributed by atoms with Crippen LogP contribution in [0.1, 0.15) is 25.7 Å². The SMILES string of the molecule is O=C([O-])C(=O)C1CCCCC1=O. The fraction of sp³-hybridized carbons (Fsp3) is 0.625. The summed E-state index contributed by atoms with van der Waals surface area (Å²) in [6.45, 7) is 0. The molecule has 4 nitrogen and oxygen atoms in total. The summed E-state index contributed by atoms with van der Waals surface area (Å²) in [5, 5.41) is 10.1. The van der Waals surface area contributed by atoms with Crippen molar-refractivity contribution in [1.29, 1.82) is 0 Å². The molecule has 0 saturated heterocycles. The molecule has 0 aliphatic heterocycles. The van der Waals surface area contributed by atoms with Crippen LogP contribution >= 0.6 is 0 Å². The van der Waals surface area contributed by atoms with Gasteiger partial charge in [0.15, 0.2) is 5.78 Å². The van der Waals surface area contributed by atoms with Crippen LogP contribution in [0.5, 0.6) is 0 Å². The number of carboxylic acid groups (broad SMARTS) is 1. The number of ketones is 2. The smallest absolute Gasteiger partial charge is 0.188 e. The predicted molar refractivity (Wildman–Crippen MR) is 37.0 cm³/mol. The maximum Gasteiger partial charge on any atom is 0.188 e. The van der Waals surface area contributed by atoms with Crippen molar-refractivity contribution in [3.8, 4) is 0 Å². The molecule has 1 rings (SSSR count). The van der Waals surface area contributed by atoms with Gasteiger partial charge in [-0.2, -0.15) is 0 Å². The Morgan fingerprint density at radius 3 is 2.50 bits per heavy atom. The van der Waals surface area contributed by atoms with E-state index in [2.05, 4.69) is 0 Å². The molecular weight excluding hydrogens is 160 g/mol. The van der Waals surface area contributed by atoms with Crippen LogP contribution in [-0.2, 0) is 14.4 Å². The number of hydrogen-bond donors (Lipinski definition) is 0. The first-order valence-corrected chi connectivity index (χ1v) is 3.91. The second-order valence-electron chi connectivity index (χ2n) is 2.92. The van der Waals surface area contributed by atoms with Crippen molar-refractivity contribution in [3.63, 3.8) is 0 Å². The molecule has 4 heteroatoms. The molecular formula is C8H9O4-. The Labute approximate surface area is 69.6 Å². The van der Waals surface area contributed by atoms with E-state index in [-0.39, 0.29) is 5.78 Å². The molecule has 1 aliphatic carbocycles. The van der Waals surface area contributed by atoms with Crippen molar-refractivity contribution >= 4 is 17.5 Å². The van der Waals surface area contributed by atoms with E-state index in [1.807, 2.05) is 0 Å². The monoisotopic (exact) mass is 169 g/mol. The summed E-state index contributed by atoms with van der Waals surface area (Å²) in [6, 6.07) is 0. The van der Waals surface area contributed by atoms with Crippen molar-refractivity contribution < 1.29 is 19.5 Å². The standard InChI is InChI=1S/C8H10O4/c9-6-4-2-1-3-5(6)7(10)8(11)12/h5H,1-4H2,(H,11,12)/p-1. The molecule has 1 unspecified atom stereocenters. The summed E-state index contributed by atoms with van der Waals surface area (Å²) in [5.74, 6) is -3.98. The first kappa shape index (κ1) is 8.90. The summed E-state index contributed by atoms with van der Waals surface area (Å²) in [4.78, 5) is 32.0. The van der Waals surface area contributed by atoms with Crippen molar-refractivity contribution in [2.24, 2.45) is 5.92 Å². The molecule has 1 saturated carbocycles. The molecule has 0 spiro atoms. The fourth-order valence-electron chi connectivity index (χ4n) is 1.40. The lowest BCUT2D eigenvalue weighted by Gasteiger charge is -2.18. The molecule has 1 aliphatic rings. The van der Waals surface area contributed by atoms with Crippen LogP contribution in [0.3, 0.4) is 0 Å². The lowest BCUT2D eigenvalue weighted by atomic mass is 9.85. The van der Waals surface area contributed by atoms with Gasteiger partial charge in [-0.3, -0.25) is 9.59 Å². The third kappa shape index (κ3) is 1.69. The topological polar surface area (TPSA) is 74.3 Å². The highest BCUT2D eigenvalue weighted by Crippen LogP contribution is 2.20. The van der Waals surface area contributed by atoms with Gasteiger partial charge in [0.1, 0.15) is 11.8 Å². The quantitative estimate of drug-likeness (QED) is 0.395. The van der Waals surface area contributed by atoms with Crippen LogP contribution < -0.4 is 5.11 Å². The zero-order valence-electron chi connectivity index (χ0n) is 6.54. The van der Waals surface area contributed by atoms with E-state index < -0.39 is 17.7 Å². The lowest BCUT2D eigenvalue weighted by molar-refractivity contribution is -0.300. The first-order valence-electron chi connectivity index (χ1n) is 3.91. The third-order valence-corrected chi connectivity index (χ3v) is 2.07. The molecule has 0 aromatic rings. The highest BCUT2D eigenvalue weighted by atomic mass is 16.4. The summed E-state index contributed by atoms with van der Waals surface area (Å²) < 4.78 is 0. The Hall–Kier alpha value is -1.19. The zero-order valence-corrected chi connectivity index (χ0v) is 6.54. The molecule has 12 heavy (non-hydrogen) atoms. The normalized spacial score (nSPS) is 23.7. The molecule has 0 amide bonds. The predicted octanol–water partition coefficient (Wildman–Crippen LogP) is -0.935. The number of rotatable bonds is 2. The van der Waals surface area contributed by atoms with E-state index in [1.54, 1.807) is 0 Å². The average molecular weight is 169 g/mol. The fourth-order valence-corrected chi connectivity index (χ4v) is 1.40. The summed E-state index contributed by atoms with van der Waals surface area (Å²) >= 11 is 0. The minimum Gasteiger partial charge on any atom is -0.542 e. The van der Waals surface area contributed by atoms with E-state index in [0.29, 0.717) is 12.8 Å². The number of aliphatic carboxylic acids is 1. The van der Waals surface area contributed by atoms with Crippen LogP contribution in [0.2, 0.25) is 0 Å². The Balaban J connectivity index is 2.66. The maximum absolute atomic E-state index is 11.0. The van der Waals surface area contributed by atoms with Crippen molar-refractivity contribution in [3.05, 3.63) is 0 Å². The molecule has 0 heterocycles. The molecule has 0 bridgehead atoms. The van der Waals surface area contributed by atoms with Gasteiger partial charge in [0.25, 0.3) is 0 Å². The Morgan fingerprint density at radius 2 is 2.00 bits per heavy atom. The van der Waals surface area contributed by atoms with Gasteiger partial charge in [-0.1, -0.05) is 6.42 Å². The van der Waals surface area contributed by atoms with Gasteiger partial charge in [-0.15, -0.1) is 0 Å². The highest BCUT2D eigenvalue weighted by Gasteiger charge is 2.28. The molecule has 0 radical (unpaired) electrons. The van der Waals surface area contributed by atoms with Crippen LogP contribution in [-0.4, -0.2) is 17.5 Å². The lowest BCUT2D eigenvalue weighted by Crippen LogP contribution is -2.40. The molecule has 0 aromatic heterocycles. The van der Waals surface area contributed by atoms with E-state index in [1.165, 1.54) is 0 Å². The summed E-state index contributed by atoms with van der Waals surface area (Å²) in [7, 11) is 0. The van der Waals surface area contributed by atoms with Gasteiger partial charge in [-0.25, -0.2) is 0 Å². The maximum atomic E-state index is 11.0. The number of carbonyl (C=O) groups excluding carboxylic acids is 3. The molecule has 0 aromatic carbocycles. The number of Topliss-reactive ketones (excluding diaryl/α,β-unsaturated/α-hetero) is 2. The molecule has 66 valence electrons. The van der Waals surface area contributed by atoms with Crippen molar-refractivity contribution in [1.82, 2.24) is 0 Å². The van der Waals surface area contributed by atoms with E-state index in [4.69, 9.17) is 0 Å². The van der Waals surface area contributed by atoms with Gasteiger partial charge in [0, 0.05) is 6.42 Å². The minimum absolute atomic E-state index is 0.254. The van der Waals surface area contributed by atoms with Gasteiger partial charge in [-0.05, 0) is 12.8 Å². The van der Waals surface area contributed by atoms with E-state index in [9.17, 15) is 19.5 Å². The van der Waals surface area contributed by atoms with Crippen LogP contribution in [0.25, 0.3) is 0 Å². The largest absolute Gasteiger partial charge is 0.542 e. The Bertz CT molecular complexity index is 231. The minimum atomic E-state index is -1.74. The van der Waals surface area contributed by atoms with Crippen LogP contribution in [0.15, 0.2) is 0 Å². The van der Waals surface area contributed by atoms with Crippen molar-refractivity contribution in [2.75, 3.05) is 0 Å². The van der Waals surface area contributed by atoms with Gasteiger partial charge in [0.2, 0.25) is 0 Å². The number of carbonyl (C=O) groups is 3. The van der Waals surface area contributed by atoms with Crippen LogP contribution in [0.4, 0.5) is 0 Å². The zero-order chi connectivity index (χ0) is 9.14. The van der Waals surface area contributed by atoms with E-state index in [0.717, 1.165) is 12.8 Å². The number of carboxylic acids is 1. The summed E-state index contributed by atoms with van der Waals surface area (Å²) in [5.41, 5.74) is 0. The first-order chi connectivity index (χ1) is 5.63. The van der Waals surface area contributed by atoms with Crippen molar-refractivity contribution in [2.45, 2.75) is 25.7 Å². The Morgan fingerprint density at radius 1 is 1.33 bits per heavy atom. The molecule has 1 fully saturated rings. The average Bonchev–Trinajstić information content (AvgIpc) is 2.04. The van der Waals surface area contributed by atoms with Gasteiger partial charge >= 0.3 is 0 Å². The second kappa shape index (κ2) is 3.47. The van der Waals surface area contributed by atoms with E-state index >= 15 is 0 Å². The Kier molecular flexibility index (Phi) is 2.58. The molecule has 1 atom stereocenters. The third-order valence-electron chi connectivity index (χ3n) is 2.07. The summed E-state index contributed by atoms with van der Waals surface area (Å²) in [6.07, 6.45) is 2.19. The molecule has 0 N–H and O–H groups in total. The number of hydrogen-bond acceptors (Lipinski definition) is 4. The second-order valence-corrected chi connectivity index (χ2v) is 2.92.